The molecule has 19 heavy (non-hydrogen) atoms. The SMILES string of the molecule is Cc1ccc2nc(CCl)n(-c3ccc(Cl)cc3)c2n1. The summed E-state index contributed by atoms with van der Waals surface area (Å²) >= 11 is 11.9. The number of nitrogens with zero attached hydrogens (tertiary/aromatic N) is 3. The molecule has 0 saturated heterocycles. The van der Waals surface area contributed by atoms with Crippen LogP contribution < -0.4 is 0 Å². The van der Waals surface area contributed by atoms with Crippen molar-refractivity contribution in [2.24, 2.45) is 0 Å². The van der Waals surface area contributed by atoms with E-state index in [9.17, 15) is 0 Å². The Morgan fingerprint density at radius 3 is 2.47 bits per heavy atom. The number of halogens is 2. The van der Waals surface area contributed by atoms with Gasteiger partial charge in [0, 0.05) is 16.4 Å². The summed E-state index contributed by atoms with van der Waals surface area (Å²) < 4.78 is 1.96. The molecule has 0 spiro atoms. The Labute approximate surface area is 120 Å². The van der Waals surface area contributed by atoms with Crippen molar-refractivity contribution in [1.29, 1.82) is 0 Å². The second-order valence-corrected chi connectivity index (χ2v) is 4.97. The van der Waals surface area contributed by atoms with Crippen molar-refractivity contribution in [3.05, 3.63) is 52.9 Å². The van der Waals surface area contributed by atoms with E-state index in [0.717, 1.165) is 28.4 Å². The molecule has 3 nitrogen and oxygen atoms in total. The number of aromatic nitrogens is 3. The zero-order valence-electron chi connectivity index (χ0n) is 10.3. The van der Waals surface area contributed by atoms with Gasteiger partial charge in [-0.1, -0.05) is 11.6 Å². The largest absolute Gasteiger partial charge is 0.280 e. The first-order valence-electron chi connectivity index (χ1n) is 5.86. The molecular formula is C14H11Cl2N3. The smallest absolute Gasteiger partial charge is 0.164 e. The first-order valence-corrected chi connectivity index (χ1v) is 6.77. The monoisotopic (exact) mass is 291 g/mol. The maximum absolute atomic E-state index is 5.99. The van der Waals surface area contributed by atoms with E-state index >= 15 is 0 Å². The van der Waals surface area contributed by atoms with E-state index < -0.39 is 0 Å². The maximum atomic E-state index is 5.99. The van der Waals surface area contributed by atoms with E-state index in [-0.39, 0.29) is 0 Å². The van der Waals surface area contributed by atoms with Gasteiger partial charge in [-0.3, -0.25) is 4.57 Å². The fourth-order valence-electron chi connectivity index (χ4n) is 2.05. The summed E-state index contributed by atoms with van der Waals surface area (Å²) in [4.78, 5) is 9.06. The molecule has 2 heterocycles. The summed E-state index contributed by atoms with van der Waals surface area (Å²) in [7, 11) is 0. The molecule has 1 aromatic carbocycles. The minimum atomic E-state index is 0.331. The average Bonchev–Trinajstić information content (AvgIpc) is 2.77. The van der Waals surface area contributed by atoms with Gasteiger partial charge in [0.25, 0.3) is 0 Å². The number of alkyl halides is 1. The Kier molecular flexibility index (Phi) is 3.17. The Bertz CT molecular complexity index is 732. The predicted octanol–water partition coefficient (Wildman–Crippen LogP) is 4.12. The third kappa shape index (κ3) is 2.20. The fourth-order valence-corrected chi connectivity index (χ4v) is 2.36. The first-order chi connectivity index (χ1) is 9.19. The molecule has 3 aromatic rings. The van der Waals surface area contributed by atoms with Crippen LogP contribution in [0.1, 0.15) is 11.5 Å². The number of rotatable bonds is 2. The van der Waals surface area contributed by atoms with Crippen LogP contribution in [0.25, 0.3) is 16.9 Å². The van der Waals surface area contributed by atoms with Gasteiger partial charge in [0.05, 0.1) is 5.88 Å². The van der Waals surface area contributed by atoms with Crippen molar-refractivity contribution in [3.63, 3.8) is 0 Å². The van der Waals surface area contributed by atoms with E-state index in [0.29, 0.717) is 10.9 Å². The van der Waals surface area contributed by atoms with Gasteiger partial charge in [-0.2, -0.15) is 0 Å². The third-order valence-electron chi connectivity index (χ3n) is 2.92. The first kappa shape index (κ1) is 12.5. The highest BCUT2D eigenvalue weighted by Gasteiger charge is 2.12. The lowest BCUT2D eigenvalue weighted by molar-refractivity contribution is 0.966. The number of aryl methyl sites for hydroxylation is 1. The molecule has 96 valence electrons. The van der Waals surface area contributed by atoms with Crippen molar-refractivity contribution in [1.82, 2.24) is 14.5 Å². The second-order valence-electron chi connectivity index (χ2n) is 4.27. The van der Waals surface area contributed by atoms with Gasteiger partial charge in [0.1, 0.15) is 11.3 Å². The van der Waals surface area contributed by atoms with Crippen LogP contribution in [-0.2, 0) is 5.88 Å². The van der Waals surface area contributed by atoms with Gasteiger partial charge < -0.3 is 0 Å². The van der Waals surface area contributed by atoms with E-state index in [4.69, 9.17) is 23.2 Å². The maximum Gasteiger partial charge on any atom is 0.164 e. The lowest BCUT2D eigenvalue weighted by atomic mass is 10.3. The highest BCUT2D eigenvalue weighted by atomic mass is 35.5. The number of pyridine rings is 1. The lowest BCUT2D eigenvalue weighted by Crippen LogP contribution is -2.00. The fraction of sp³-hybridized carbons (Fsp3) is 0.143. The van der Waals surface area contributed by atoms with Crippen LogP contribution in [0.3, 0.4) is 0 Å². The summed E-state index contributed by atoms with van der Waals surface area (Å²) in [6.45, 7) is 1.96. The number of benzene rings is 1. The van der Waals surface area contributed by atoms with Crippen LogP contribution in [0.4, 0.5) is 0 Å². The van der Waals surface area contributed by atoms with Gasteiger partial charge >= 0.3 is 0 Å². The predicted molar refractivity (Wildman–Crippen MR) is 78.2 cm³/mol. The molecule has 5 heteroatoms. The second kappa shape index (κ2) is 4.83. The average molecular weight is 292 g/mol. The van der Waals surface area contributed by atoms with Crippen molar-refractivity contribution in [3.8, 4) is 5.69 Å². The minimum Gasteiger partial charge on any atom is -0.280 e. The Morgan fingerprint density at radius 2 is 1.79 bits per heavy atom. The minimum absolute atomic E-state index is 0.331. The van der Waals surface area contributed by atoms with E-state index in [1.807, 2.05) is 47.9 Å². The normalized spacial score (nSPS) is 11.1. The van der Waals surface area contributed by atoms with Gasteiger partial charge in [-0.25, -0.2) is 9.97 Å². The zero-order valence-corrected chi connectivity index (χ0v) is 11.8. The quantitative estimate of drug-likeness (QED) is 0.665. The molecule has 0 aliphatic rings. The molecule has 3 rings (SSSR count). The molecule has 0 aliphatic heterocycles. The summed E-state index contributed by atoms with van der Waals surface area (Å²) in [6.07, 6.45) is 0. The summed E-state index contributed by atoms with van der Waals surface area (Å²) in [5.41, 5.74) is 3.57. The van der Waals surface area contributed by atoms with Gasteiger partial charge in [0.2, 0.25) is 0 Å². The van der Waals surface area contributed by atoms with Gasteiger partial charge in [0.15, 0.2) is 5.65 Å². The zero-order chi connectivity index (χ0) is 13.4. The standard InChI is InChI=1S/C14H11Cl2N3/c1-9-2-7-12-14(17-9)19(13(8-15)18-12)11-5-3-10(16)4-6-11/h2-7H,8H2,1H3. The topological polar surface area (TPSA) is 30.7 Å². The summed E-state index contributed by atoms with van der Waals surface area (Å²) in [5, 5.41) is 0.699. The number of hydrogen-bond acceptors (Lipinski definition) is 2. The lowest BCUT2D eigenvalue weighted by Gasteiger charge is -2.07. The van der Waals surface area contributed by atoms with Crippen LogP contribution in [0.2, 0.25) is 5.02 Å². The van der Waals surface area contributed by atoms with Crippen LogP contribution in [0, 0.1) is 6.92 Å². The van der Waals surface area contributed by atoms with Crippen LogP contribution >= 0.6 is 23.2 Å². The molecule has 0 saturated carbocycles. The van der Waals surface area contributed by atoms with E-state index in [2.05, 4.69) is 9.97 Å². The molecule has 0 fully saturated rings. The molecule has 0 radical (unpaired) electrons. The van der Waals surface area contributed by atoms with Crippen LogP contribution in [-0.4, -0.2) is 14.5 Å². The molecule has 0 amide bonds. The van der Waals surface area contributed by atoms with Crippen molar-refractivity contribution in [2.75, 3.05) is 0 Å². The third-order valence-corrected chi connectivity index (χ3v) is 3.41. The summed E-state index contributed by atoms with van der Waals surface area (Å²) in [5.74, 6) is 1.11. The Hall–Kier alpha value is -1.58. The molecular weight excluding hydrogens is 281 g/mol. The molecule has 2 aromatic heterocycles. The van der Waals surface area contributed by atoms with Crippen LogP contribution in [0.15, 0.2) is 36.4 Å². The molecule has 0 atom stereocenters. The van der Waals surface area contributed by atoms with Crippen molar-refractivity contribution >= 4 is 34.4 Å². The summed E-state index contributed by atoms with van der Waals surface area (Å²) in [6, 6.07) is 11.5. The number of fused-ring (bicyclic) bond motifs is 1. The Balaban J connectivity index is 2.31. The Morgan fingerprint density at radius 1 is 1.05 bits per heavy atom. The molecule has 0 bridgehead atoms. The van der Waals surface area contributed by atoms with Gasteiger partial charge in [-0.15, -0.1) is 11.6 Å². The number of imidazole rings is 1. The van der Waals surface area contributed by atoms with Crippen molar-refractivity contribution < 1.29 is 0 Å². The van der Waals surface area contributed by atoms with E-state index in [1.165, 1.54) is 0 Å². The molecule has 0 unspecified atom stereocenters. The molecule has 0 N–H and O–H groups in total. The van der Waals surface area contributed by atoms with Crippen molar-refractivity contribution in [2.45, 2.75) is 12.8 Å². The highest BCUT2D eigenvalue weighted by molar-refractivity contribution is 6.30. The van der Waals surface area contributed by atoms with Gasteiger partial charge in [-0.05, 0) is 43.3 Å². The van der Waals surface area contributed by atoms with Crippen LogP contribution in [0.5, 0.6) is 0 Å². The molecule has 0 aliphatic carbocycles. The highest BCUT2D eigenvalue weighted by Crippen LogP contribution is 2.22. The van der Waals surface area contributed by atoms with E-state index in [1.54, 1.807) is 0 Å². The number of hydrogen-bond donors (Lipinski definition) is 0.